The summed E-state index contributed by atoms with van der Waals surface area (Å²) in [6.45, 7) is 3.01. The maximum Gasteiger partial charge on any atom is 0.271 e. The highest BCUT2D eigenvalue weighted by atomic mass is 35.5. The molecule has 5 heteroatoms. The largest absolute Gasteiger partial charge is 0.352 e. The van der Waals surface area contributed by atoms with Crippen molar-refractivity contribution in [3.8, 4) is 0 Å². The minimum Gasteiger partial charge on any atom is -0.352 e. The summed E-state index contributed by atoms with van der Waals surface area (Å²) in [5, 5.41) is 0.206. The van der Waals surface area contributed by atoms with Gasteiger partial charge in [0.05, 0.1) is 6.33 Å². The maximum atomic E-state index is 11.3. The molecule has 15 heavy (non-hydrogen) atoms. The molecule has 0 bridgehead atoms. The second-order valence-corrected chi connectivity index (χ2v) is 4.17. The molecule has 1 aromatic heterocycles. The van der Waals surface area contributed by atoms with E-state index < -0.39 is 0 Å². The van der Waals surface area contributed by atoms with E-state index >= 15 is 0 Å². The third-order valence-corrected chi connectivity index (χ3v) is 2.84. The van der Waals surface area contributed by atoms with Crippen LogP contribution in [0.4, 0.5) is 5.82 Å². The van der Waals surface area contributed by atoms with Crippen molar-refractivity contribution in [2.45, 2.75) is 32.2 Å². The van der Waals surface area contributed by atoms with Crippen molar-refractivity contribution in [3.63, 3.8) is 0 Å². The van der Waals surface area contributed by atoms with Gasteiger partial charge in [-0.1, -0.05) is 18.5 Å². The number of aromatic amines is 1. The van der Waals surface area contributed by atoms with E-state index in [0.29, 0.717) is 11.9 Å². The zero-order chi connectivity index (χ0) is 10.8. The first-order valence-electron chi connectivity index (χ1n) is 5.24. The molecule has 0 aromatic carbocycles. The SMILES string of the molecule is CCCN(c1nc[nH]c(=O)c1Cl)C1CC1. The van der Waals surface area contributed by atoms with Gasteiger partial charge < -0.3 is 9.88 Å². The smallest absolute Gasteiger partial charge is 0.271 e. The summed E-state index contributed by atoms with van der Waals surface area (Å²) in [5.41, 5.74) is -0.261. The van der Waals surface area contributed by atoms with E-state index in [0.717, 1.165) is 13.0 Å². The lowest BCUT2D eigenvalue weighted by Crippen LogP contribution is -2.29. The monoisotopic (exact) mass is 227 g/mol. The fourth-order valence-electron chi connectivity index (χ4n) is 1.66. The average Bonchev–Trinajstić information content (AvgIpc) is 3.03. The third kappa shape index (κ3) is 2.15. The van der Waals surface area contributed by atoms with Gasteiger partial charge in [0, 0.05) is 12.6 Å². The van der Waals surface area contributed by atoms with Gasteiger partial charge in [0.2, 0.25) is 0 Å². The van der Waals surface area contributed by atoms with Crippen LogP contribution in [-0.2, 0) is 0 Å². The average molecular weight is 228 g/mol. The number of hydrogen-bond donors (Lipinski definition) is 1. The Bertz CT molecular complexity index is 400. The van der Waals surface area contributed by atoms with Crippen molar-refractivity contribution >= 4 is 17.4 Å². The van der Waals surface area contributed by atoms with Gasteiger partial charge >= 0.3 is 0 Å². The molecule has 2 rings (SSSR count). The molecular weight excluding hydrogens is 214 g/mol. The maximum absolute atomic E-state index is 11.3. The standard InChI is InChI=1S/C10H14ClN3O/c1-2-5-14(7-3-4-7)9-8(11)10(15)13-6-12-9/h6-7H,2-5H2,1H3,(H,12,13,15). The topological polar surface area (TPSA) is 49.0 Å². The lowest BCUT2D eigenvalue weighted by atomic mass is 10.3. The summed E-state index contributed by atoms with van der Waals surface area (Å²) >= 11 is 5.95. The molecule has 0 spiro atoms. The van der Waals surface area contributed by atoms with Crippen molar-refractivity contribution < 1.29 is 0 Å². The molecular formula is C10H14ClN3O. The van der Waals surface area contributed by atoms with Crippen molar-refractivity contribution in [3.05, 3.63) is 21.7 Å². The third-order valence-electron chi connectivity index (χ3n) is 2.50. The molecule has 4 nitrogen and oxygen atoms in total. The number of anilines is 1. The Labute approximate surface area is 93.3 Å². The molecule has 82 valence electrons. The summed E-state index contributed by atoms with van der Waals surface area (Å²) in [6.07, 6.45) is 4.78. The van der Waals surface area contributed by atoms with Gasteiger partial charge in [-0.25, -0.2) is 4.98 Å². The number of nitrogens with one attached hydrogen (secondary N) is 1. The molecule has 0 radical (unpaired) electrons. The van der Waals surface area contributed by atoms with E-state index in [1.807, 2.05) is 0 Å². The molecule has 1 heterocycles. The molecule has 1 aliphatic carbocycles. The fourth-order valence-corrected chi connectivity index (χ4v) is 1.87. The zero-order valence-electron chi connectivity index (χ0n) is 8.66. The lowest BCUT2D eigenvalue weighted by molar-refractivity contribution is 0.747. The molecule has 0 aliphatic heterocycles. The molecule has 1 fully saturated rings. The molecule has 1 N–H and O–H groups in total. The lowest BCUT2D eigenvalue weighted by Gasteiger charge is -2.23. The Morgan fingerprint density at radius 1 is 1.67 bits per heavy atom. The van der Waals surface area contributed by atoms with Gasteiger partial charge in [0.1, 0.15) is 5.02 Å². The number of hydrogen-bond acceptors (Lipinski definition) is 3. The van der Waals surface area contributed by atoms with E-state index in [4.69, 9.17) is 11.6 Å². The first-order chi connectivity index (χ1) is 7.24. The van der Waals surface area contributed by atoms with E-state index in [1.54, 1.807) is 0 Å². The van der Waals surface area contributed by atoms with Gasteiger partial charge in [-0.3, -0.25) is 4.79 Å². The van der Waals surface area contributed by atoms with Crippen LogP contribution in [0.3, 0.4) is 0 Å². The minimum absolute atomic E-state index is 0.206. The van der Waals surface area contributed by atoms with Crippen molar-refractivity contribution in [1.82, 2.24) is 9.97 Å². The van der Waals surface area contributed by atoms with Gasteiger partial charge in [0.15, 0.2) is 5.82 Å². The fraction of sp³-hybridized carbons (Fsp3) is 0.600. The number of nitrogens with zero attached hydrogens (tertiary/aromatic N) is 2. The summed E-state index contributed by atoms with van der Waals surface area (Å²) in [6, 6.07) is 0.525. The molecule has 0 amide bonds. The number of H-pyrrole nitrogens is 1. The Kier molecular flexibility index (Phi) is 2.95. The van der Waals surface area contributed by atoms with Crippen LogP contribution in [0.25, 0.3) is 0 Å². The highest BCUT2D eigenvalue weighted by molar-refractivity contribution is 6.32. The van der Waals surface area contributed by atoms with Crippen LogP contribution in [0.5, 0.6) is 0 Å². The Morgan fingerprint density at radius 2 is 2.40 bits per heavy atom. The molecule has 1 aliphatic rings. The van der Waals surface area contributed by atoms with Crippen LogP contribution >= 0.6 is 11.6 Å². The van der Waals surface area contributed by atoms with Gasteiger partial charge in [-0.05, 0) is 19.3 Å². The first kappa shape index (κ1) is 10.5. The van der Waals surface area contributed by atoms with Crippen LogP contribution in [-0.4, -0.2) is 22.6 Å². The van der Waals surface area contributed by atoms with Gasteiger partial charge in [-0.15, -0.1) is 0 Å². The van der Waals surface area contributed by atoms with Crippen LogP contribution in [0.2, 0.25) is 5.02 Å². The summed E-state index contributed by atoms with van der Waals surface area (Å²) in [7, 11) is 0. The van der Waals surface area contributed by atoms with Gasteiger partial charge in [0.25, 0.3) is 5.56 Å². The van der Waals surface area contributed by atoms with E-state index in [-0.39, 0.29) is 10.6 Å². The summed E-state index contributed by atoms with van der Waals surface area (Å²) < 4.78 is 0. The van der Waals surface area contributed by atoms with Crippen LogP contribution in [0.15, 0.2) is 11.1 Å². The molecule has 0 unspecified atom stereocenters. The highest BCUT2D eigenvalue weighted by Gasteiger charge is 2.31. The molecule has 1 saturated carbocycles. The van der Waals surface area contributed by atoms with Crippen LogP contribution in [0, 0.1) is 0 Å². The Hall–Kier alpha value is -1.03. The zero-order valence-corrected chi connectivity index (χ0v) is 9.42. The predicted molar refractivity (Wildman–Crippen MR) is 60.5 cm³/mol. The van der Waals surface area contributed by atoms with E-state index in [1.165, 1.54) is 19.2 Å². The Balaban J connectivity index is 2.32. The van der Waals surface area contributed by atoms with Crippen molar-refractivity contribution in [2.75, 3.05) is 11.4 Å². The molecule has 0 atom stereocenters. The predicted octanol–water partition coefficient (Wildman–Crippen LogP) is 1.80. The van der Waals surface area contributed by atoms with Crippen LogP contribution in [0.1, 0.15) is 26.2 Å². The summed E-state index contributed by atoms with van der Waals surface area (Å²) in [5.74, 6) is 0.629. The second kappa shape index (κ2) is 4.23. The van der Waals surface area contributed by atoms with E-state index in [9.17, 15) is 4.79 Å². The van der Waals surface area contributed by atoms with Crippen LogP contribution < -0.4 is 10.5 Å². The normalized spacial score (nSPS) is 15.3. The quantitative estimate of drug-likeness (QED) is 0.854. The molecule has 1 aromatic rings. The minimum atomic E-state index is -0.261. The van der Waals surface area contributed by atoms with E-state index in [2.05, 4.69) is 21.8 Å². The highest BCUT2D eigenvalue weighted by Crippen LogP contribution is 2.32. The Morgan fingerprint density at radius 3 is 3.00 bits per heavy atom. The first-order valence-corrected chi connectivity index (χ1v) is 5.61. The number of aromatic nitrogens is 2. The van der Waals surface area contributed by atoms with Crippen molar-refractivity contribution in [1.29, 1.82) is 0 Å². The molecule has 0 saturated heterocycles. The number of rotatable bonds is 4. The second-order valence-electron chi connectivity index (χ2n) is 3.79. The number of halogens is 1. The van der Waals surface area contributed by atoms with Gasteiger partial charge in [-0.2, -0.15) is 0 Å². The van der Waals surface area contributed by atoms with Crippen molar-refractivity contribution in [2.24, 2.45) is 0 Å². The summed E-state index contributed by atoms with van der Waals surface area (Å²) in [4.78, 5) is 20.1.